The summed E-state index contributed by atoms with van der Waals surface area (Å²) in [5.41, 5.74) is -1.22. The van der Waals surface area contributed by atoms with Crippen LogP contribution in [0.3, 0.4) is 0 Å². The van der Waals surface area contributed by atoms with Crippen molar-refractivity contribution in [1.82, 2.24) is 5.32 Å². The lowest BCUT2D eigenvalue weighted by Gasteiger charge is -2.32. The number of halogens is 2. The molecule has 1 atom stereocenters. The van der Waals surface area contributed by atoms with Gasteiger partial charge in [0, 0.05) is 6.04 Å². The average Bonchev–Trinajstić information content (AvgIpc) is 2.97. The summed E-state index contributed by atoms with van der Waals surface area (Å²) in [7, 11) is 0. The Morgan fingerprint density at radius 1 is 1.53 bits per heavy atom. The molecule has 0 amide bonds. The van der Waals surface area contributed by atoms with Crippen LogP contribution in [-0.4, -0.2) is 42.3 Å². The van der Waals surface area contributed by atoms with Crippen LogP contribution < -0.4 is 5.32 Å². The second-order valence-electron chi connectivity index (χ2n) is 4.76. The van der Waals surface area contributed by atoms with E-state index >= 15 is 0 Å². The molecule has 0 bridgehead atoms. The van der Waals surface area contributed by atoms with E-state index in [-0.39, 0.29) is 18.6 Å². The largest absolute Gasteiger partial charge is 0.480 e. The SMILES string of the molecule is CC(C)NC(COCC(F)F)(C(=O)O)C1CC1. The molecule has 1 aliphatic rings. The standard InChI is InChI=1S/C11H19F2NO3/c1-7(2)14-11(10(15)16,8-3-4-8)6-17-5-9(12)13/h7-9,14H,3-6H2,1-2H3,(H,15,16). The van der Waals surface area contributed by atoms with E-state index in [1.807, 2.05) is 13.8 Å². The maximum atomic E-state index is 12.0. The second kappa shape index (κ2) is 5.73. The summed E-state index contributed by atoms with van der Waals surface area (Å²) in [5, 5.41) is 12.3. The van der Waals surface area contributed by atoms with E-state index in [1.54, 1.807) is 0 Å². The lowest BCUT2D eigenvalue weighted by Crippen LogP contribution is -2.59. The van der Waals surface area contributed by atoms with Gasteiger partial charge in [-0.1, -0.05) is 0 Å². The van der Waals surface area contributed by atoms with E-state index < -0.39 is 24.5 Å². The molecule has 1 saturated carbocycles. The van der Waals surface area contributed by atoms with E-state index in [0.29, 0.717) is 0 Å². The van der Waals surface area contributed by atoms with Crippen molar-refractivity contribution in [2.75, 3.05) is 13.2 Å². The van der Waals surface area contributed by atoms with Crippen LogP contribution in [0.5, 0.6) is 0 Å². The molecule has 100 valence electrons. The minimum atomic E-state index is -2.57. The molecule has 0 saturated heterocycles. The predicted octanol–water partition coefficient (Wildman–Crippen LogP) is 1.50. The van der Waals surface area contributed by atoms with Crippen molar-refractivity contribution in [3.63, 3.8) is 0 Å². The van der Waals surface area contributed by atoms with Gasteiger partial charge in [-0.3, -0.25) is 10.1 Å². The molecular weight excluding hydrogens is 232 g/mol. The van der Waals surface area contributed by atoms with Crippen molar-refractivity contribution in [2.24, 2.45) is 5.92 Å². The van der Waals surface area contributed by atoms with Gasteiger partial charge in [0.15, 0.2) is 0 Å². The maximum absolute atomic E-state index is 12.0. The van der Waals surface area contributed by atoms with Crippen LogP contribution in [0.4, 0.5) is 8.78 Å². The molecule has 0 spiro atoms. The summed E-state index contributed by atoms with van der Waals surface area (Å²) < 4.78 is 28.8. The highest BCUT2D eigenvalue weighted by Crippen LogP contribution is 2.40. The smallest absolute Gasteiger partial charge is 0.326 e. The molecule has 0 aliphatic heterocycles. The third-order valence-corrected chi connectivity index (χ3v) is 2.78. The van der Waals surface area contributed by atoms with Crippen LogP contribution in [0.15, 0.2) is 0 Å². The molecular formula is C11H19F2NO3. The molecule has 2 N–H and O–H groups in total. The van der Waals surface area contributed by atoms with E-state index in [1.165, 1.54) is 0 Å². The van der Waals surface area contributed by atoms with Gasteiger partial charge in [-0.2, -0.15) is 0 Å². The highest BCUT2D eigenvalue weighted by Gasteiger charge is 2.51. The lowest BCUT2D eigenvalue weighted by atomic mass is 9.93. The first-order valence-electron chi connectivity index (χ1n) is 5.75. The summed E-state index contributed by atoms with van der Waals surface area (Å²) in [5.74, 6) is -1.05. The van der Waals surface area contributed by atoms with E-state index in [0.717, 1.165) is 12.8 Å². The summed E-state index contributed by atoms with van der Waals surface area (Å²) in [6.07, 6.45) is -0.978. The molecule has 4 nitrogen and oxygen atoms in total. The number of nitrogens with one attached hydrogen (secondary N) is 1. The fourth-order valence-corrected chi connectivity index (χ4v) is 1.98. The third-order valence-electron chi connectivity index (χ3n) is 2.78. The first kappa shape index (κ1) is 14.3. The topological polar surface area (TPSA) is 58.6 Å². The predicted molar refractivity (Wildman–Crippen MR) is 58.2 cm³/mol. The molecule has 0 radical (unpaired) electrons. The van der Waals surface area contributed by atoms with Crippen molar-refractivity contribution >= 4 is 5.97 Å². The zero-order valence-electron chi connectivity index (χ0n) is 10.1. The van der Waals surface area contributed by atoms with Crippen LogP contribution >= 0.6 is 0 Å². The summed E-state index contributed by atoms with van der Waals surface area (Å²) in [6, 6.07) is -0.0400. The normalized spacial score (nSPS) is 19.6. The van der Waals surface area contributed by atoms with Gasteiger partial charge in [0.1, 0.15) is 12.1 Å². The van der Waals surface area contributed by atoms with Gasteiger partial charge in [-0.05, 0) is 32.6 Å². The van der Waals surface area contributed by atoms with Crippen molar-refractivity contribution in [3.8, 4) is 0 Å². The molecule has 17 heavy (non-hydrogen) atoms. The zero-order chi connectivity index (χ0) is 13.1. The average molecular weight is 251 g/mol. The summed E-state index contributed by atoms with van der Waals surface area (Å²) >= 11 is 0. The van der Waals surface area contributed by atoms with Crippen LogP contribution in [-0.2, 0) is 9.53 Å². The molecule has 1 rings (SSSR count). The molecule has 1 aliphatic carbocycles. The zero-order valence-corrected chi connectivity index (χ0v) is 10.1. The van der Waals surface area contributed by atoms with Gasteiger partial charge in [-0.25, -0.2) is 8.78 Å². The Hall–Kier alpha value is -0.750. The first-order chi connectivity index (χ1) is 7.88. The van der Waals surface area contributed by atoms with Crippen molar-refractivity contribution in [3.05, 3.63) is 0 Å². The van der Waals surface area contributed by atoms with Gasteiger partial charge in [0.05, 0.1) is 6.61 Å². The quantitative estimate of drug-likeness (QED) is 0.686. The third kappa shape index (κ3) is 3.89. The summed E-state index contributed by atoms with van der Waals surface area (Å²) in [4.78, 5) is 11.4. The molecule has 0 aromatic carbocycles. The Balaban J connectivity index is 2.65. The molecule has 0 aromatic rings. The Kier molecular flexibility index (Phi) is 4.82. The van der Waals surface area contributed by atoms with Crippen LogP contribution in [0.1, 0.15) is 26.7 Å². The summed E-state index contributed by atoms with van der Waals surface area (Å²) in [6.45, 7) is 2.72. The fraction of sp³-hybridized carbons (Fsp3) is 0.909. The minimum absolute atomic E-state index is 0.0277. The van der Waals surface area contributed by atoms with Gasteiger partial charge in [0.2, 0.25) is 0 Å². The molecule has 6 heteroatoms. The van der Waals surface area contributed by atoms with E-state index in [4.69, 9.17) is 4.74 Å². The number of hydrogen-bond donors (Lipinski definition) is 2. The number of ether oxygens (including phenoxy) is 1. The van der Waals surface area contributed by atoms with Crippen molar-refractivity contribution in [1.29, 1.82) is 0 Å². The lowest BCUT2D eigenvalue weighted by molar-refractivity contribution is -0.150. The Bertz CT molecular complexity index is 269. The second-order valence-corrected chi connectivity index (χ2v) is 4.76. The number of aliphatic carboxylic acids is 1. The highest BCUT2D eigenvalue weighted by atomic mass is 19.3. The van der Waals surface area contributed by atoms with Gasteiger partial charge in [-0.15, -0.1) is 0 Å². The van der Waals surface area contributed by atoms with E-state index in [2.05, 4.69) is 5.32 Å². The van der Waals surface area contributed by atoms with Crippen molar-refractivity contribution < 1.29 is 23.4 Å². The Labute approximate surface area is 99.3 Å². The van der Waals surface area contributed by atoms with Crippen LogP contribution in [0.25, 0.3) is 0 Å². The number of hydrogen-bond acceptors (Lipinski definition) is 3. The number of carboxylic acid groups (broad SMARTS) is 1. The number of carboxylic acids is 1. The monoisotopic (exact) mass is 251 g/mol. The van der Waals surface area contributed by atoms with Crippen LogP contribution in [0.2, 0.25) is 0 Å². The molecule has 0 aromatic heterocycles. The molecule has 1 unspecified atom stereocenters. The highest BCUT2D eigenvalue weighted by molar-refractivity contribution is 5.80. The van der Waals surface area contributed by atoms with Gasteiger partial charge in [0.25, 0.3) is 6.43 Å². The minimum Gasteiger partial charge on any atom is -0.480 e. The van der Waals surface area contributed by atoms with E-state index in [9.17, 15) is 18.7 Å². The maximum Gasteiger partial charge on any atom is 0.326 e. The van der Waals surface area contributed by atoms with Crippen molar-refractivity contribution in [2.45, 2.75) is 44.7 Å². The molecule has 0 heterocycles. The van der Waals surface area contributed by atoms with Crippen LogP contribution in [0, 0.1) is 5.92 Å². The fourth-order valence-electron chi connectivity index (χ4n) is 1.98. The van der Waals surface area contributed by atoms with Gasteiger partial charge < -0.3 is 9.84 Å². The Morgan fingerprint density at radius 3 is 2.47 bits per heavy atom. The number of rotatable bonds is 8. The first-order valence-corrected chi connectivity index (χ1v) is 5.75. The Morgan fingerprint density at radius 2 is 2.12 bits per heavy atom. The molecule has 1 fully saturated rings. The number of carbonyl (C=O) groups is 1. The van der Waals surface area contributed by atoms with Gasteiger partial charge >= 0.3 is 5.97 Å². The number of alkyl halides is 2.